The predicted octanol–water partition coefficient (Wildman–Crippen LogP) is -0.395. The molecule has 0 rings (SSSR count). The van der Waals surface area contributed by atoms with Gasteiger partial charge in [-0.15, -0.1) is 0 Å². The van der Waals surface area contributed by atoms with Crippen LogP contribution in [0.15, 0.2) is 0 Å². The zero-order valence-corrected chi connectivity index (χ0v) is 6.49. The van der Waals surface area contributed by atoms with Crippen LogP contribution in [0.2, 0.25) is 0 Å². The topological polar surface area (TPSA) is 70.0 Å². The molecule has 11 heavy (non-hydrogen) atoms. The number of nitrogens with zero attached hydrogens (tertiary/aromatic N) is 1. The lowest BCUT2D eigenvalue weighted by atomic mass is 10.5. The minimum Gasteiger partial charge on any atom is -0.465 e. The van der Waals surface area contributed by atoms with Gasteiger partial charge in [0.05, 0.1) is 13.2 Å². The fourth-order valence-electron chi connectivity index (χ4n) is 0.625. The van der Waals surface area contributed by atoms with E-state index in [2.05, 4.69) is 4.74 Å². The Hall–Kier alpha value is -0.810. The molecule has 66 valence electrons. The van der Waals surface area contributed by atoms with Crippen LogP contribution in [0, 0.1) is 0 Å². The summed E-state index contributed by atoms with van der Waals surface area (Å²) < 4.78 is 4.68. The quantitative estimate of drug-likeness (QED) is 0.578. The summed E-state index contributed by atoms with van der Waals surface area (Å²) >= 11 is 0. The monoisotopic (exact) mass is 163 g/mol. The minimum atomic E-state index is -1.03. The van der Waals surface area contributed by atoms with E-state index < -0.39 is 6.09 Å². The van der Waals surface area contributed by atoms with Crippen LogP contribution in [-0.2, 0) is 4.74 Å². The summed E-state index contributed by atoms with van der Waals surface area (Å²) in [6.07, 6.45) is -1.03. The Morgan fingerprint density at radius 2 is 2.18 bits per heavy atom. The zero-order valence-electron chi connectivity index (χ0n) is 6.49. The molecular weight excluding hydrogens is 150 g/mol. The predicted molar refractivity (Wildman–Crippen MR) is 38.6 cm³/mol. The zero-order chi connectivity index (χ0) is 8.69. The first-order chi connectivity index (χ1) is 5.22. The maximum atomic E-state index is 10.4. The molecule has 0 bridgehead atoms. The van der Waals surface area contributed by atoms with E-state index in [-0.39, 0.29) is 13.2 Å². The molecule has 5 heteroatoms. The van der Waals surface area contributed by atoms with Gasteiger partial charge in [-0.05, 0) is 0 Å². The molecule has 1 amide bonds. The molecule has 0 fully saturated rings. The summed E-state index contributed by atoms with van der Waals surface area (Å²) in [5.41, 5.74) is 0. The second-order valence-corrected chi connectivity index (χ2v) is 1.99. The average molecular weight is 163 g/mol. The lowest BCUT2D eigenvalue weighted by molar-refractivity contribution is 0.107. The Bertz CT molecular complexity index is 117. The molecule has 0 heterocycles. The molecule has 2 N–H and O–H groups in total. The molecule has 0 aliphatic rings. The van der Waals surface area contributed by atoms with E-state index in [1.807, 2.05) is 0 Å². The molecule has 0 radical (unpaired) electrons. The number of methoxy groups -OCH3 is 1. The molecule has 0 aromatic rings. The van der Waals surface area contributed by atoms with Crippen molar-refractivity contribution < 1.29 is 19.7 Å². The Balaban J connectivity index is 3.60. The van der Waals surface area contributed by atoms with Gasteiger partial charge in [0.2, 0.25) is 0 Å². The number of aliphatic hydroxyl groups is 1. The van der Waals surface area contributed by atoms with E-state index in [1.54, 1.807) is 0 Å². The molecule has 0 saturated heterocycles. The highest BCUT2D eigenvalue weighted by Crippen LogP contribution is 1.87. The van der Waals surface area contributed by atoms with Crippen molar-refractivity contribution in [2.75, 3.05) is 33.4 Å². The van der Waals surface area contributed by atoms with Crippen molar-refractivity contribution in [2.24, 2.45) is 0 Å². The summed E-state index contributed by atoms with van der Waals surface area (Å²) in [5, 5.41) is 16.9. The highest BCUT2D eigenvalue weighted by atomic mass is 16.5. The van der Waals surface area contributed by atoms with Gasteiger partial charge in [-0.25, -0.2) is 4.79 Å². The van der Waals surface area contributed by atoms with E-state index in [0.29, 0.717) is 13.2 Å². The Morgan fingerprint density at radius 3 is 2.55 bits per heavy atom. The van der Waals surface area contributed by atoms with Crippen LogP contribution in [0.5, 0.6) is 0 Å². The number of hydrogen-bond acceptors (Lipinski definition) is 3. The third-order valence-corrected chi connectivity index (χ3v) is 1.21. The third-order valence-electron chi connectivity index (χ3n) is 1.21. The number of hydrogen-bond donors (Lipinski definition) is 2. The lowest BCUT2D eigenvalue weighted by Gasteiger charge is -2.16. The first kappa shape index (κ1) is 10.2. The summed E-state index contributed by atoms with van der Waals surface area (Å²) in [5.74, 6) is 0. The van der Waals surface area contributed by atoms with E-state index in [9.17, 15) is 4.79 Å². The Morgan fingerprint density at radius 1 is 1.55 bits per heavy atom. The first-order valence-corrected chi connectivity index (χ1v) is 3.30. The van der Waals surface area contributed by atoms with Crippen LogP contribution < -0.4 is 0 Å². The largest absolute Gasteiger partial charge is 0.465 e. The highest BCUT2D eigenvalue weighted by molar-refractivity contribution is 5.64. The summed E-state index contributed by atoms with van der Waals surface area (Å²) in [7, 11) is 1.50. The fourth-order valence-corrected chi connectivity index (χ4v) is 0.625. The van der Waals surface area contributed by atoms with Crippen LogP contribution in [0.1, 0.15) is 0 Å². The smallest absolute Gasteiger partial charge is 0.407 e. The lowest BCUT2D eigenvalue weighted by Crippen LogP contribution is -2.34. The summed E-state index contributed by atoms with van der Waals surface area (Å²) in [6.45, 7) is 0.632. The van der Waals surface area contributed by atoms with Crippen molar-refractivity contribution in [3.63, 3.8) is 0 Å². The van der Waals surface area contributed by atoms with Crippen LogP contribution >= 0.6 is 0 Å². The van der Waals surface area contributed by atoms with Gasteiger partial charge in [0.1, 0.15) is 0 Å². The molecule has 0 atom stereocenters. The van der Waals surface area contributed by atoms with Crippen molar-refractivity contribution in [2.45, 2.75) is 0 Å². The van der Waals surface area contributed by atoms with Crippen LogP contribution in [0.25, 0.3) is 0 Å². The summed E-state index contributed by atoms with van der Waals surface area (Å²) in [6, 6.07) is 0. The Labute approximate surface area is 65.2 Å². The number of amides is 1. The SMILES string of the molecule is COCCN(CCO)C(=O)O. The second kappa shape index (κ2) is 5.94. The molecule has 0 saturated carbocycles. The van der Waals surface area contributed by atoms with E-state index in [1.165, 1.54) is 7.11 Å². The van der Waals surface area contributed by atoms with Gasteiger partial charge in [-0.3, -0.25) is 0 Å². The van der Waals surface area contributed by atoms with Gasteiger partial charge >= 0.3 is 6.09 Å². The van der Waals surface area contributed by atoms with Crippen molar-refractivity contribution >= 4 is 6.09 Å². The number of aliphatic hydroxyl groups excluding tert-OH is 1. The Kier molecular flexibility index (Phi) is 5.50. The van der Waals surface area contributed by atoms with Gasteiger partial charge in [-0.1, -0.05) is 0 Å². The van der Waals surface area contributed by atoms with Crippen molar-refractivity contribution in [3.8, 4) is 0 Å². The number of carbonyl (C=O) groups is 1. The molecular formula is C6H13NO4. The van der Waals surface area contributed by atoms with Gasteiger partial charge in [0.25, 0.3) is 0 Å². The molecule has 0 aromatic carbocycles. The van der Waals surface area contributed by atoms with Gasteiger partial charge in [0.15, 0.2) is 0 Å². The third kappa shape index (κ3) is 4.58. The van der Waals surface area contributed by atoms with Gasteiger partial charge < -0.3 is 19.8 Å². The maximum absolute atomic E-state index is 10.4. The standard InChI is InChI=1S/C6H13NO4/c1-11-5-3-7(2-4-8)6(9)10/h8H,2-5H2,1H3,(H,9,10). The van der Waals surface area contributed by atoms with E-state index in [4.69, 9.17) is 10.2 Å². The molecule has 0 spiro atoms. The summed E-state index contributed by atoms with van der Waals surface area (Å²) in [4.78, 5) is 11.5. The fraction of sp³-hybridized carbons (Fsp3) is 0.833. The van der Waals surface area contributed by atoms with Crippen LogP contribution in [0.3, 0.4) is 0 Å². The normalized spacial score (nSPS) is 9.64. The van der Waals surface area contributed by atoms with Crippen molar-refractivity contribution in [1.82, 2.24) is 4.90 Å². The van der Waals surface area contributed by atoms with Crippen LogP contribution in [-0.4, -0.2) is 54.6 Å². The molecule has 0 aliphatic carbocycles. The molecule has 0 aromatic heterocycles. The van der Waals surface area contributed by atoms with Gasteiger partial charge in [-0.2, -0.15) is 0 Å². The molecule has 5 nitrogen and oxygen atoms in total. The number of rotatable bonds is 5. The minimum absolute atomic E-state index is 0.138. The highest BCUT2D eigenvalue weighted by Gasteiger charge is 2.08. The maximum Gasteiger partial charge on any atom is 0.407 e. The average Bonchev–Trinajstić information content (AvgIpc) is 1.97. The van der Waals surface area contributed by atoms with E-state index in [0.717, 1.165) is 4.90 Å². The van der Waals surface area contributed by atoms with Gasteiger partial charge in [0, 0.05) is 20.2 Å². The second-order valence-electron chi connectivity index (χ2n) is 1.99. The van der Waals surface area contributed by atoms with Crippen LogP contribution in [0.4, 0.5) is 4.79 Å². The number of ether oxygens (including phenoxy) is 1. The molecule has 0 unspecified atom stereocenters. The van der Waals surface area contributed by atoms with E-state index >= 15 is 0 Å². The van der Waals surface area contributed by atoms with Crippen molar-refractivity contribution in [1.29, 1.82) is 0 Å². The first-order valence-electron chi connectivity index (χ1n) is 3.30. The number of carboxylic acid groups (broad SMARTS) is 1. The molecule has 0 aliphatic heterocycles. The van der Waals surface area contributed by atoms with Crippen molar-refractivity contribution in [3.05, 3.63) is 0 Å².